The largest absolute Gasteiger partial charge is 0.478 e. The fourth-order valence-corrected chi connectivity index (χ4v) is 3.95. The van der Waals surface area contributed by atoms with Gasteiger partial charge in [-0.05, 0) is 55.7 Å². The zero-order chi connectivity index (χ0) is 22.4. The van der Waals surface area contributed by atoms with Crippen molar-refractivity contribution in [1.29, 1.82) is 0 Å². The van der Waals surface area contributed by atoms with E-state index in [4.69, 9.17) is 11.6 Å². The second-order valence-electron chi connectivity index (χ2n) is 7.29. The molecule has 31 heavy (non-hydrogen) atoms. The molecule has 1 aromatic heterocycles. The molecule has 1 aliphatic heterocycles. The van der Waals surface area contributed by atoms with Crippen LogP contribution in [0.5, 0.6) is 0 Å². The van der Waals surface area contributed by atoms with Gasteiger partial charge >= 0.3 is 5.97 Å². The standard InChI is InChI=1S/C24H24ClN3O3/c1-15-21(23(29)27-10-4-6-17-8-11-26-12-9-17)20(22(24(30)31)16(2)28-15)14-18-5-3-7-19(25)13-18/h3-9,11-13,20,28H,10,14H2,1-2H3,(H,27,29)(H,30,31)/b6-4+. The Morgan fingerprint density at radius 1 is 1.16 bits per heavy atom. The van der Waals surface area contributed by atoms with Crippen molar-refractivity contribution < 1.29 is 14.7 Å². The van der Waals surface area contributed by atoms with Gasteiger partial charge in [-0.15, -0.1) is 0 Å². The van der Waals surface area contributed by atoms with Crippen LogP contribution in [0.1, 0.15) is 25.0 Å². The fourth-order valence-electron chi connectivity index (χ4n) is 3.74. The van der Waals surface area contributed by atoms with Crippen LogP contribution in [0, 0.1) is 5.92 Å². The van der Waals surface area contributed by atoms with E-state index in [-0.39, 0.29) is 11.5 Å². The van der Waals surface area contributed by atoms with Crippen LogP contribution in [0.25, 0.3) is 6.08 Å². The predicted octanol–water partition coefficient (Wildman–Crippen LogP) is 3.96. The molecule has 1 aromatic carbocycles. The summed E-state index contributed by atoms with van der Waals surface area (Å²) in [5, 5.41) is 16.3. The summed E-state index contributed by atoms with van der Waals surface area (Å²) >= 11 is 6.11. The molecule has 1 aliphatic rings. The van der Waals surface area contributed by atoms with Crippen LogP contribution in [0.15, 0.2) is 77.4 Å². The van der Waals surface area contributed by atoms with Gasteiger partial charge in [-0.3, -0.25) is 9.78 Å². The van der Waals surface area contributed by atoms with Crippen molar-refractivity contribution in [3.8, 4) is 0 Å². The van der Waals surface area contributed by atoms with E-state index in [0.717, 1.165) is 11.1 Å². The van der Waals surface area contributed by atoms with Crippen molar-refractivity contribution in [2.75, 3.05) is 6.54 Å². The highest BCUT2D eigenvalue weighted by Gasteiger charge is 2.35. The quantitative estimate of drug-likeness (QED) is 0.609. The van der Waals surface area contributed by atoms with Gasteiger partial charge in [0, 0.05) is 46.8 Å². The van der Waals surface area contributed by atoms with E-state index in [0.29, 0.717) is 35.0 Å². The maximum Gasteiger partial charge on any atom is 0.333 e. The average Bonchev–Trinajstić information content (AvgIpc) is 2.71. The number of carboxylic acids is 1. The molecule has 0 bridgehead atoms. The SMILES string of the molecule is CC1=C(C(=O)O)C(Cc2cccc(Cl)c2)C(C(=O)NC/C=C/c2ccncc2)=C(C)N1. The van der Waals surface area contributed by atoms with Crippen molar-refractivity contribution in [2.45, 2.75) is 20.3 Å². The first kappa shape index (κ1) is 22.3. The summed E-state index contributed by atoms with van der Waals surface area (Å²) < 4.78 is 0. The summed E-state index contributed by atoms with van der Waals surface area (Å²) in [6.45, 7) is 3.81. The molecular formula is C24H24ClN3O3. The van der Waals surface area contributed by atoms with Gasteiger partial charge in [-0.2, -0.15) is 0 Å². The maximum atomic E-state index is 13.1. The first-order valence-electron chi connectivity index (χ1n) is 9.88. The molecule has 0 saturated heterocycles. The number of hydrogen-bond acceptors (Lipinski definition) is 4. The zero-order valence-corrected chi connectivity index (χ0v) is 18.1. The normalized spacial score (nSPS) is 16.4. The average molecular weight is 438 g/mol. The van der Waals surface area contributed by atoms with Crippen molar-refractivity contribution in [1.82, 2.24) is 15.6 Å². The Labute approximate surface area is 186 Å². The molecule has 0 fully saturated rings. The summed E-state index contributed by atoms with van der Waals surface area (Å²) in [7, 11) is 0. The van der Waals surface area contributed by atoms with E-state index < -0.39 is 11.9 Å². The topological polar surface area (TPSA) is 91.3 Å². The van der Waals surface area contributed by atoms with Gasteiger partial charge in [0.05, 0.1) is 5.57 Å². The molecule has 2 aromatic rings. The Kier molecular flexibility index (Phi) is 7.26. The molecule has 3 N–H and O–H groups in total. The molecule has 1 unspecified atom stereocenters. The number of benzene rings is 1. The van der Waals surface area contributed by atoms with Crippen molar-refractivity contribution in [2.24, 2.45) is 5.92 Å². The van der Waals surface area contributed by atoms with Gasteiger partial charge < -0.3 is 15.7 Å². The Balaban J connectivity index is 1.82. The van der Waals surface area contributed by atoms with Crippen molar-refractivity contribution in [3.05, 3.63) is 93.6 Å². The first-order chi connectivity index (χ1) is 14.9. The minimum absolute atomic E-state index is 0.183. The van der Waals surface area contributed by atoms with E-state index >= 15 is 0 Å². The molecule has 0 aliphatic carbocycles. The lowest BCUT2D eigenvalue weighted by molar-refractivity contribution is -0.133. The summed E-state index contributed by atoms with van der Waals surface area (Å²) in [4.78, 5) is 29.1. The molecule has 6 nitrogen and oxygen atoms in total. The highest BCUT2D eigenvalue weighted by molar-refractivity contribution is 6.30. The minimum Gasteiger partial charge on any atom is -0.478 e. The van der Waals surface area contributed by atoms with Crippen LogP contribution in [0.3, 0.4) is 0 Å². The number of halogens is 1. The highest BCUT2D eigenvalue weighted by Crippen LogP contribution is 2.33. The van der Waals surface area contributed by atoms with Gasteiger partial charge in [0.2, 0.25) is 5.91 Å². The number of carboxylic acid groups (broad SMARTS) is 1. The van der Waals surface area contributed by atoms with E-state index in [1.807, 2.05) is 36.4 Å². The molecule has 1 atom stereocenters. The van der Waals surface area contributed by atoms with Crippen molar-refractivity contribution >= 4 is 29.6 Å². The third-order valence-electron chi connectivity index (χ3n) is 5.08. The third-order valence-corrected chi connectivity index (χ3v) is 5.32. The van der Waals surface area contributed by atoms with E-state index in [1.54, 1.807) is 38.4 Å². The Morgan fingerprint density at radius 3 is 2.55 bits per heavy atom. The van der Waals surface area contributed by atoms with E-state index in [1.165, 1.54) is 0 Å². The predicted molar refractivity (Wildman–Crippen MR) is 121 cm³/mol. The molecule has 160 valence electrons. The molecule has 1 amide bonds. The second kappa shape index (κ2) is 10.1. The summed E-state index contributed by atoms with van der Waals surface area (Å²) in [5.41, 5.74) is 3.62. The summed E-state index contributed by atoms with van der Waals surface area (Å²) in [6.07, 6.45) is 7.47. The number of pyridine rings is 1. The number of amides is 1. The van der Waals surface area contributed by atoms with Crippen LogP contribution in [0.4, 0.5) is 0 Å². The second-order valence-corrected chi connectivity index (χ2v) is 7.72. The van der Waals surface area contributed by atoms with E-state index in [9.17, 15) is 14.7 Å². The number of dihydropyridines is 1. The molecular weight excluding hydrogens is 414 g/mol. The van der Waals surface area contributed by atoms with Crippen LogP contribution in [0.2, 0.25) is 5.02 Å². The molecule has 0 radical (unpaired) electrons. The monoisotopic (exact) mass is 437 g/mol. The fraction of sp³-hybridized carbons (Fsp3) is 0.208. The number of aromatic nitrogens is 1. The van der Waals surface area contributed by atoms with Crippen LogP contribution < -0.4 is 10.6 Å². The maximum absolute atomic E-state index is 13.1. The molecule has 0 spiro atoms. The zero-order valence-electron chi connectivity index (χ0n) is 17.4. The molecule has 2 heterocycles. The Bertz CT molecular complexity index is 1070. The third kappa shape index (κ3) is 5.61. The van der Waals surface area contributed by atoms with Gasteiger partial charge in [-0.25, -0.2) is 4.79 Å². The smallest absolute Gasteiger partial charge is 0.333 e. The van der Waals surface area contributed by atoms with Crippen LogP contribution in [-0.4, -0.2) is 28.5 Å². The van der Waals surface area contributed by atoms with Gasteiger partial charge in [-0.1, -0.05) is 35.9 Å². The number of allylic oxidation sites excluding steroid dienone is 2. The van der Waals surface area contributed by atoms with Gasteiger partial charge in [0.1, 0.15) is 0 Å². The lowest BCUT2D eigenvalue weighted by Gasteiger charge is -2.30. The van der Waals surface area contributed by atoms with Gasteiger partial charge in [0.15, 0.2) is 0 Å². The van der Waals surface area contributed by atoms with E-state index in [2.05, 4.69) is 15.6 Å². The number of hydrogen-bond donors (Lipinski definition) is 3. The lowest BCUT2D eigenvalue weighted by Crippen LogP contribution is -2.38. The number of carbonyl (C=O) groups excluding carboxylic acids is 1. The van der Waals surface area contributed by atoms with Crippen molar-refractivity contribution in [3.63, 3.8) is 0 Å². The number of carbonyl (C=O) groups is 2. The molecule has 3 rings (SSSR count). The van der Waals surface area contributed by atoms with Gasteiger partial charge in [0.25, 0.3) is 0 Å². The Morgan fingerprint density at radius 2 is 1.87 bits per heavy atom. The lowest BCUT2D eigenvalue weighted by atomic mass is 9.81. The highest BCUT2D eigenvalue weighted by atomic mass is 35.5. The molecule has 7 heteroatoms. The minimum atomic E-state index is -1.05. The number of nitrogens with one attached hydrogen (secondary N) is 2. The Hall–Kier alpha value is -3.38. The number of aliphatic carboxylic acids is 1. The summed E-state index contributed by atoms with van der Waals surface area (Å²) in [5.74, 6) is -1.95. The van der Waals surface area contributed by atoms with Crippen LogP contribution in [-0.2, 0) is 16.0 Å². The summed E-state index contributed by atoms with van der Waals surface area (Å²) in [6, 6.07) is 11.0. The number of nitrogens with zero attached hydrogens (tertiary/aromatic N) is 1. The molecule has 0 saturated carbocycles. The number of rotatable bonds is 7. The first-order valence-corrected chi connectivity index (χ1v) is 10.3. The van der Waals surface area contributed by atoms with Crippen LogP contribution >= 0.6 is 11.6 Å².